The van der Waals surface area contributed by atoms with Crippen molar-refractivity contribution >= 4 is 6.29 Å². The van der Waals surface area contributed by atoms with Crippen LogP contribution in [0.5, 0.6) is 0 Å². The van der Waals surface area contributed by atoms with Crippen LogP contribution in [0.4, 0.5) is 0 Å². The number of benzene rings is 1. The third-order valence-electron chi connectivity index (χ3n) is 2.30. The van der Waals surface area contributed by atoms with Crippen LogP contribution in [0.1, 0.15) is 5.56 Å². The lowest BCUT2D eigenvalue weighted by molar-refractivity contribution is -0.134. The number of rotatable bonds is 5. The lowest BCUT2D eigenvalue weighted by Gasteiger charge is -2.09. The van der Waals surface area contributed by atoms with E-state index < -0.39 is 6.29 Å². The summed E-state index contributed by atoms with van der Waals surface area (Å²) in [7, 11) is 0. The molecular formula is C12H14O4. The van der Waals surface area contributed by atoms with Crippen molar-refractivity contribution in [1.82, 2.24) is 0 Å². The summed E-state index contributed by atoms with van der Waals surface area (Å²) in [5.41, 5.74) is 1.12. The van der Waals surface area contributed by atoms with E-state index in [0.29, 0.717) is 26.1 Å². The van der Waals surface area contributed by atoms with Gasteiger partial charge in [0.1, 0.15) is 6.10 Å². The molecule has 0 bridgehead atoms. The number of carbonyl (C=O) groups excluding carboxylic acids is 1. The molecule has 0 aliphatic carbocycles. The van der Waals surface area contributed by atoms with Gasteiger partial charge in [-0.05, 0) is 5.56 Å². The van der Waals surface area contributed by atoms with Gasteiger partial charge < -0.3 is 14.2 Å². The summed E-state index contributed by atoms with van der Waals surface area (Å²) >= 11 is 0. The highest BCUT2D eigenvalue weighted by molar-refractivity contribution is 5.54. The fourth-order valence-corrected chi connectivity index (χ4v) is 1.51. The van der Waals surface area contributed by atoms with Crippen LogP contribution in [0.3, 0.4) is 0 Å². The molecule has 1 aromatic carbocycles. The summed E-state index contributed by atoms with van der Waals surface area (Å²) in [5.74, 6) is 0. The molecule has 1 aromatic rings. The second-order valence-corrected chi connectivity index (χ2v) is 3.60. The van der Waals surface area contributed by atoms with Crippen molar-refractivity contribution in [3.05, 3.63) is 35.9 Å². The number of ether oxygens (including phenoxy) is 3. The number of carbonyl (C=O) groups is 1. The smallest absolute Gasteiger partial charge is 0.215 e. The minimum Gasteiger partial charge on any atom is -0.374 e. The molecule has 1 aliphatic heterocycles. The molecule has 1 saturated heterocycles. The molecule has 0 spiro atoms. The maximum atomic E-state index is 10.4. The molecule has 1 heterocycles. The number of aldehydes is 1. The van der Waals surface area contributed by atoms with E-state index >= 15 is 0 Å². The van der Waals surface area contributed by atoms with Gasteiger partial charge in [-0.1, -0.05) is 30.3 Å². The third kappa shape index (κ3) is 3.13. The van der Waals surface area contributed by atoms with Crippen LogP contribution in [0.15, 0.2) is 30.3 Å². The minimum absolute atomic E-state index is 0.140. The minimum atomic E-state index is -0.717. The Bertz CT molecular complexity index is 325. The monoisotopic (exact) mass is 222 g/mol. The zero-order valence-electron chi connectivity index (χ0n) is 8.87. The first-order valence-corrected chi connectivity index (χ1v) is 5.22. The largest absolute Gasteiger partial charge is 0.374 e. The lowest BCUT2D eigenvalue weighted by atomic mass is 10.2. The molecule has 0 N–H and O–H groups in total. The first kappa shape index (κ1) is 11.3. The molecule has 0 amide bonds. The second-order valence-electron chi connectivity index (χ2n) is 3.60. The lowest BCUT2D eigenvalue weighted by Crippen LogP contribution is -2.19. The van der Waals surface area contributed by atoms with E-state index in [-0.39, 0.29) is 6.10 Å². The Hall–Kier alpha value is -1.23. The van der Waals surface area contributed by atoms with E-state index in [1.54, 1.807) is 0 Å². The number of hydrogen-bond acceptors (Lipinski definition) is 4. The Balaban J connectivity index is 1.67. The van der Waals surface area contributed by atoms with Crippen LogP contribution in [-0.4, -0.2) is 31.9 Å². The topological polar surface area (TPSA) is 44.8 Å². The van der Waals surface area contributed by atoms with Crippen LogP contribution < -0.4 is 0 Å². The van der Waals surface area contributed by atoms with Gasteiger partial charge in [-0.2, -0.15) is 0 Å². The van der Waals surface area contributed by atoms with Crippen molar-refractivity contribution in [3.63, 3.8) is 0 Å². The Labute approximate surface area is 94.1 Å². The van der Waals surface area contributed by atoms with Gasteiger partial charge in [0.25, 0.3) is 0 Å². The van der Waals surface area contributed by atoms with Crippen LogP contribution in [0.2, 0.25) is 0 Å². The van der Waals surface area contributed by atoms with E-state index in [1.165, 1.54) is 0 Å². The Morgan fingerprint density at radius 1 is 1.38 bits per heavy atom. The van der Waals surface area contributed by atoms with Gasteiger partial charge in [0.15, 0.2) is 6.29 Å². The standard InChI is InChI=1S/C12H14O4/c13-6-12-15-9-11(16-12)8-14-7-10-4-2-1-3-5-10/h1-6,11-12H,7-9H2. The maximum Gasteiger partial charge on any atom is 0.215 e. The molecule has 4 heteroatoms. The molecule has 0 saturated carbocycles. The molecule has 4 nitrogen and oxygen atoms in total. The average molecular weight is 222 g/mol. The van der Waals surface area contributed by atoms with Crippen molar-refractivity contribution < 1.29 is 19.0 Å². The van der Waals surface area contributed by atoms with Crippen LogP contribution in [0, 0.1) is 0 Å². The molecule has 2 unspecified atom stereocenters. The van der Waals surface area contributed by atoms with Crippen LogP contribution >= 0.6 is 0 Å². The predicted molar refractivity (Wildman–Crippen MR) is 56.8 cm³/mol. The summed E-state index contributed by atoms with van der Waals surface area (Å²) in [6.45, 7) is 1.41. The van der Waals surface area contributed by atoms with Gasteiger partial charge in [-0.3, -0.25) is 4.79 Å². The van der Waals surface area contributed by atoms with E-state index in [1.807, 2.05) is 30.3 Å². The summed E-state index contributed by atoms with van der Waals surface area (Å²) in [5, 5.41) is 0. The Morgan fingerprint density at radius 3 is 2.88 bits per heavy atom. The highest BCUT2D eigenvalue weighted by atomic mass is 16.7. The van der Waals surface area contributed by atoms with Crippen molar-refractivity contribution in [2.45, 2.75) is 19.0 Å². The first-order chi connectivity index (χ1) is 7.88. The summed E-state index contributed by atoms with van der Waals surface area (Å²) in [6.07, 6.45) is -0.207. The van der Waals surface area contributed by atoms with Gasteiger partial charge in [0.05, 0.1) is 19.8 Å². The van der Waals surface area contributed by atoms with E-state index in [9.17, 15) is 4.79 Å². The molecular weight excluding hydrogens is 208 g/mol. The van der Waals surface area contributed by atoms with Crippen LogP contribution in [0.25, 0.3) is 0 Å². The highest BCUT2D eigenvalue weighted by Gasteiger charge is 2.25. The van der Waals surface area contributed by atoms with Gasteiger partial charge in [-0.25, -0.2) is 0 Å². The summed E-state index contributed by atoms with van der Waals surface area (Å²) < 4.78 is 15.8. The molecule has 2 rings (SSSR count). The normalized spacial score (nSPS) is 24.5. The predicted octanol–water partition coefficient (Wildman–Crippen LogP) is 1.14. The SMILES string of the molecule is O=CC1OCC(COCc2ccccc2)O1. The molecule has 1 aliphatic rings. The fraction of sp³-hybridized carbons (Fsp3) is 0.417. The fourth-order valence-electron chi connectivity index (χ4n) is 1.51. The van der Waals surface area contributed by atoms with E-state index in [0.717, 1.165) is 5.56 Å². The molecule has 16 heavy (non-hydrogen) atoms. The first-order valence-electron chi connectivity index (χ1n) is 5.22. The molecule has 1 fully saturated rings. The molecule has 86 valence electrons. The van der Waals surface area contributed by atoms with Crippen molar-refractivity contribution in [2.24, 2.45) is 0 Å². The zero-order valence-corrected chi connectivity index (χ0v) is 8.87. The van der Waals surface area contributed by atoms with Crippen molar-refractivity contribution in [3.8, 4) is 0 Å². The van der Waals surface area contributed by atoms with E-state index in [4.69, 9.17) is 14.2 Å². The molecule has 0 radical (unpaired) electrons. The van der Waals surface area contributed by atoms with Gasteiger partial charge >= 0.3 is 0 Å². The second kappa shape index (κ2) is 5.75. The summed E-state index contributed by atoms with van der Waals surface area (Å²) in [4.78, 5) is 10.4. The van der Waals surface area contributed by atoms with E-state index in [2.05, 4.69) is 0 Å². The van der Waals surface area contributed by atoms with Gasteiger partial charge in [0, 0.05) is 0 Å². The molecule has 0 aromatic heterocycles. The molecule has 2 atom stereocenters. The summed E-state index contributed by atoms with van der Waals surface area (Å²) in [6, 6.07) is 9.90. The van der Waals surface area contributed by atoms with Crippen LogP contribution in [-0.2, 0) is 25.6 Å². The third-order valence-corrected chi connectivity index (χ3v) is 2.30. The number of hydrogen-bond donors (Lipinski definition) is 0. The quantitative estimate of drug-likeness (QED) is 0.701. The maximum absolute atomic E-state index is 10.4. The Morgan fingerprint density at radius 2 is 2.19 bits per heavy atom. The van der Waals surface area contributed by atoms with Gasteiger partial charge in [0.2, 0.25) is 6.29 Å². The van der Waals surface area contributed by atoms with Crippen molar-refractivity contribution in [1.29, 1.82) is 0 Å². The van der Waals surface area contributed by atoms with Gasteiger partial charge in [-0.15, -0.1) is 0 Å². The van der Waals surface area contributed by atoms with Crippen molar-refractivity contribution in [2.75, 3.05) is 13.2 Å². The Kier molecular flexibility index (Phi) is 4.04. The average Bonchev–Trinajstić information content (AvgIpc) is 2.78. The zero-order chi connectivity index (χ0) is 11.2. The highest BCUT2D eigenvalue weighted by Crippen LogP contribution is 2.10.